The van der Waals surface area contributed by atoms with Crippen LogP contribution >= 0.6 is 0 Å². The van der Waals surface area contributed by atoms with Gasteiger partial charge in [0.2, 0.25) is 10.0 Å². The Kier molecular flexibility index (Phi) is 4.92. The van der Waals surface area contributed by atoms with E-state index in [-0.39, 0.29) is 18.4 Å². The number of benzene rings is 1. The molecule has 0 bridgehead atoms. The molecule has 16 heavy (non-hydrogen) atoms. The number of aliphatic hydroxyl groups excluding tert-OH is 1. The third kappa shape index (κ3) is 4.74. The zero-order valence-electron chi connectivity index (χ0n) is 9.26. The molecule has 2 N–H and O–H groups in total. The van der Waals surface area contributed by atoms with Gasteiger partial charge in [0.05, 0.1) is 5.75 Å². The van der Waals surface area contributed by atoms with Crippen LogP contribution in [0.1, 0.15) is 18.9 Å². The number of rotatable bonds is 6. The van der Waals surface area contributed by atoms with Crippen molar-refractivity contribution in [1.29, 1.82) is 0 Å². The lowest BCUT2D eigenvalue weighted by atomic mass is 10.2. The van der Waals surface area contributed by atoms with Gasteiger partial charge in [-0.05, 0) is 18.9 Å². The van der Waals surface area contributed by atoms with Gasteiger partial charge in [0.15, 0.2) is 0 Å². The molecule has 0 heterocycles. The van der Waals surface area contributed by atoms with Crippen LogP contribution in [0.5, 0.6) is 0 Å². The van der Waals surface area contributed by atoms with Gasteiger partial charge in [-0.3, -0.25) is 0 Å². The van der Waals surface area contributed by atoms with E-state index in [1.807, 2.05) is 18.2 Å². The molecular weight excluding hydrogens is 226 g/mol. The van der Waals surface area contributed by atoms with Crippen LogP contribution in [0.25, 0.3) is 0 Å². The Bertz CT molecular complexity index is 402. The topological polar surface area (TPSA) is 66.4 Å². The van der Waals surface area contributed by atoms with E-state index < -0.39 is 10.0 Å². The summed E-state index contributed by atoms with van der Waals surface area (Å²) in [6, 6.07) is 8.77. The molecule has 0 amide bonds. The van der Waals surface area contributed by atoms with Crippen molar-refractivity contribution in [3.8, 4) is 0 Å². The Hall–Kier alpha value is -0.910. The summed E-state index contributed by atoms with van der Waals surface area (Å²) in [4.78, 5) is 0. The van der Waals surface area contributed by atoms with Crippen molar-refractivity contribution < 1.29 is 13.5 Å². The van der Waals surface area contributed by atoms with Crippen LogP contribution in [-0.4, -0.2) is 26.2 Å². The molecule has 0 saturated carbocycles. The highest BCUT2D eigenvalue weighted by Gasteiger charge is 2.14. The summed E-state index contributed by atoms with van der Waals surface area (Å²) in [5.41, 5.74) is 0.756. The minimum absolute atomic E-state index is 0.0188. The number of nitrogens with one attached hydrogen (secondary N) is 1. The molecular formula is C11H17NO3S. The van der Waals surface area contributed by atoms with E-state index in [0.717, 1.165) is 5.56 Å². The maximum Gasteiger partial charge on any atom is 0.216 e. The highest BCUT2D eigenvalue weighted by atomic mass is 32.2. The molecule has 5 heteroatoms. The lowest BCUT2D eigenvalue weighted by Crippen LogP contribution is -2.34. The molecule has 1 rings (SSSR count). The quantitative estimate of drug-likeness (QED) is 0.779. The van der Waals surface area contributed by atoms with Gasteiger partial charge in [-0.2, -0.15) is 0 Å². The Morgan fingerprint density at radius 1 is 1.31 bits per heavy atom. The molecule has 4 nitrogen and oxygen atoms in total. The minimum atomic E-state index is -3.32. The Balaban J connectivity index is 2.59. The van der Waals surface area contributed by atoms with Crippen molar-refractivity contribution in [3.05, 3.63) is 35.9 Å². The third-order valence-corrected chi connectivity index (χ3v) is 3.62. The smallest absolute Gasteiger partial charge is 0.216 e. The van der Waals surface area contributed by atoms with Crippen molar-refractivity contribution in [3.63, 3.8) is 0 Å². The van der Waals surface area contributed by atoms with Crippen molar-refractivity contribution in [2.75, 3.05) is 6.61 Å². The molecule has 90 valence electrons. The van der Waals surface area contributed by atoms with E-state index >= 15 is 0 Å². The second kappa shape index (κ2) is 5.98. The van der Waals surface area contributed by atoms with Gasteiger partial charge >= 0.3 is 0 Å². The standard InChI is InChI=1S/C11H17NO3S/c1-10(7-8-13)12-16(14,15)9-11-5-3-2-4-6-11/h2-6,10,12-13H,7-9H2,1H3. The van der Waals surface area contributed by atoms with E-state index in [0.29, 0.717) is 6.42 Å². The number of hydrogen-bond donors (Lipinski definition) is 2. The van der Waals surface area contributed by atoms with Crippen LogP contribution in [0.15, 0.2) is 30.3 Å². The molecule has 0 spiro atoms. The van der Waals surface area contributed by atoms with Crippen LogP contribution < -0.4 is 4.72 Å². The lowest BCUT2D eigenvalue weighted by molar-refractivity contribution is 0.275. The second-order valence-corrected chi connectivity index (χ2v) is 5.53. The normalized spacial score (nSPS) is 13.6. The van der Waals surface area contributed by atoms with Crippen molar-refractivity contribution in [2.24, 2.45) is 0 Å². The predicted octanol–water partition coefficient (Wildman–Crippen LogP) is 0.877. The Labute approximate surface area is 96.4 Å². The molecule has 1 atom stereocenters. The molecule has 0 saturated heterocycles. The van der Waals surface area contributed by atoms with Crippen LogP contribution in [0.3, 0.4) is 0 Å². The molecule has 0 fully saturated rings. The zero-order chi connectivity index (χ0) is 12.0. The monoisotopic (exact) mass is 243 g/mol. The first-order valence-electron chi connectivity index (χ1n) is 5.18. The highest BCUT2D eigenvalue weighted by Crippen LogP contribution is 2.05. The van der Waals surface area contributed by atoms with Crippen LogP contribution in [0.4, 0.5) is 0 Å². The van der Waals surface area contributed by atoms with Gasteiger partial charge in [0.25, 0.3) is 0 Å². The van der Waals surface area contributed by atoms with E-state index in [1.165, 1.54) is 0 Å². The van der Waals surface area contributed by atoms with E-state index in [2.05, 4.69) is 4.72 Å². The maximum absolute atomic E-state index is 11.7. The number of aliphatic hydroxyl groups is 1. The van der Waals surface area contributed by atoms with Crippen LogP contribution in [0.2, 0.25) is 0 Å². The fourth-order valence-corrected chi connectivity index (χ4v) is 2.84. The van der Waals surface area contributed by atoms with Gasteiger partial charge < -0.3 is 5.11 Å². The van der Waals surface area contributed by atoms with Crippen molar-refractivity contribution in [2.45, 2.75) is 25.1 Å². The summed E-state index contributed by atoms with van der Waals surface area (Å²) in [5.74, 6) is -0.0242. The van der Waals surface area contributed by atoms with Gasteiger partial charge in [0, 0.05) is 12.6 Å². The molecule has 1 aromatic rings. The Morgan fingerprint density at radius 2 is 1.94 bits per heavy atom. The largest absolute Gasteiger partial charge is 0.396 e. The summed E-state index contributed by atoms with van der Waals surface area (Å²) in [6.45, 7) is 1.72. The first-order chi connectivity index (χ1) is 7.53. The zero-order valence-corrected chi connectivity index (χ0v) is 10.1. The minimum Gasteiger partial charge on any atom is -0.396 e. The fourth-order valence-electron chi connectivity index (χ4n) is 1.39. The number of sulfonamides is 1. The maximum atomic E-state index is 11.7. The average Bonchev–Trinajstić information content (AvgIpc) is 2.17. The third-order valence-electron chi connectivity index (χ3n) is 2.14. The van der Waals surface area contributed by atoms with Crippen LogP contribution in [0, 0.1) is 0 Å². The summed E-state index contributed by atoms with van der Waals surface area (Å²) < 4.78 is 25.9. The molecule has 0 aliphatic heterocycles. The summed E-state index contributed by atoms with van der Waals surface area (Å²) >= 11 is 0. The lowest BCUT2D eigenvalue weighted by Gasteiger charge is -2.12. The molecule has 0 aliphatic rings. The first kappa shape index (κ1) is 13.2. The van der Waals surface area contributed by atoms with Crippen LogP contribution in [-0.2, 0) is 15.8 Å². The molecule has 0 aliphatic carbocycles. The summed E-state index contributed by atoms with van der Waals surface area (Å²) in [6.07, 6.45) is 0.425. The summed E-state index contributed by atoms with van der Waals surface area (Å²) in [5, 5.41) is 8.69. The SMILES string of the molecule is CC(CCO)NS(=O)(=O)Cc1ccccc1. The van der Waals surface area contributed by atoms with E-state index in [4.69, 9.17) is 5.11 Å². The predicted molar refractivity (Wildman–Crippen MR) is 63.4 cm³/mol. The van der Waals surface area contributed by atoms with Gasteiger partial charge in [-0.25, -0.2) is 13.1 Å². The molecule has 0 aromatic heterocycles. The number of hydrogen-bond acceptors (Lipinski definition) is 3. The van der Waals surface area contributed by atoms with Crippen molar-refractivity contribution in [1.82, 2.24) is 4.72 Å². The molecule has 1 aromatic carbocycles. The first-order valence-corrected chi connectivity index (χ1v) is 6.83. The van der Waals surface area contributed by atoms with Crippen molar-refractivity contribution >= 4 is 10.0 Å². The van der Waals surface area contributed by atoms with Gasteiger partial charge in [-0.1, -0.05) is 30.3 Å². The summed E-state index contributed by atoms with van der Waals surface area (Å²) in [7, 11) is -3.32. The average molecular weight is 243 g/mol. The Morgan fingerprint density at radius 3 is 2.50 bits per heavy atom. The van der Waals surface area contributed by atoms with E-state index in [9.17, 15) is 8.42 Å². The molecule has 0 radical (unpaired) electrons. The van der Waals surface area contributed by atoms with E-state index in [1.54, 1.807) is 19.1 Å². The van der Waals surface area contributed by atoms with Gasteiger partial charge in [-0.15, -0.1) is 0 Å². The second-order valence-electron chi connectivity index (χ2n) is 3.78. The molecule has 1 unspecified atom stereocenters. The van der Waals surface area contributed by atoms with Gasteiger partial charge in [0.1, 0.15) is 0 Å². The fraction of sp³-hybridized carbons (Fsp3) is 0.455. The highest BCUT2D eigenvalue weighted by molar-refractivity contribution is 7.88.